The van der Waals surface area contributed by atoms with Crippen molar-refractivity contribution in [3.63, 3.8) is 0 Å². The van der Waals surface area contributed by atoms with Crippen molar-refractivity contribution in [2.45, 2.75) is 83.1 Å². The van der Waals surface area contributed by atoms with E-state index in [1.54, 1.807) is 6.33 Å². The average Bonchev–Trinajstić information content (AvgIpc) is 3.24. The van der Waals surface area contributed by atoms with Crippen molar-refractivity contribution in [3.8, 4) is 0 Å². The van der Waals surface area contributed by atoms with Gasteiger partial charge in [0.15, 0.2) is 31.8 Å². The van der Waals surface area contributed by atoms with Gasteiger partial charge in [0, 0.05) is 0 Å². The highest BCUT2D eigenvalue weighted by atomic mass is 28.4. The van der Waals surface area contributed by atoms with Gasteiger partial charge in [-0.3, -0.25) is 4.57 Å². The number of hydrogen-bond donors (Lipinski definition) is 1. The van der Waals surface area contributed by atoms with Crippen molar-refractivity contribution in [1.82, 2.24) is 19.5 Å². The van der Waals surface area contributed by atoms with Gasteiger partial charge in [0.25, 0.3) is 0 Å². The molecule has 0 aliphatic carbocycles. The zero-order chi connectivity index (χ0) is 21.2. The topological polar surface area (TPSA) is 107 Å². The molecule has 29 heavy (non-hydrogen) atoms. The van der Waals surface area contributed by atoms with Crippen LogP contribution >= 0.6 is 0 Å². The van der Waals surface area contributed by atoms with Crippen molar-refractivity contribution in [2.75, 3.05) is 12.3 Å². The number of imidazole rings is 1. The lowest BCUT2D eigenvalue weighted by atomic mass is 10.1. The Morgan fingerprint density at radius 2 is 1.86 bits per heavy atom. The van der Waals surface area contributed by atoms with E-state index >= 15 is 0 Å². The fourth-order valence-corrected chi connectivity index (χ4v) is 4.59. The maximum Gasteiger partial charge on any atom is 0.192 e. The Morgan fingerprint density at radius 1 is 1.17 bits per heavy atom. The molecule has 0 radical (unpaired) electrons. The maximum atomic E-state index is 6.43. The standard InChI is InChI=1S/C19H31N5O4Si/c1-18(2,3)29(6,7)25-8-11-13-14(28-19(4,5)27-13)17(26-11)24-10-23-12-15(20)21-9-22-16(12)24/h9-11,13-14,17H,8H2,1-7H3,(H2,20,21,22)/t11-,13?,14?,17-/m1/s1. The van der Waals surface area contributed by atoms with E-state index in [9.17, 15) is 0 Å². The van der Waals surface area contributed by atoms with E-state index in [0.29, 0.717) is 23.6 Å². The molecule has 2 fully saturated rings. The lowest BCUT2D eigenvalue weighted by molar-refractivity contribution is -0.199. The van der Waals surface area contributed by atoms with E-state index < -0.39 is 20.3 Å². The highest BCUT2D eigenvalue weighted by molar-refractivity contribution is 6.74. The smallest absolute Gasteiger partial charge is 0.192 e. The molecule has 0 saturated carbocycles. The molecule has 0 spiro atoms. The molecule has 2 unspecified atom stereocenters. The number of nitrogen functional groups attached to an aromatic ring is 1. The van der Waals surface area contributed by atoms with Crippen LogP contribution in [-0.2, 0) is 18.6 Å². The summed E-state index contributed by atoms with van der Waals surface area (Å²) in [5, 5.41) is 0.117. The van der Waals surface area contributed by atoms with E-state index in [4.69, 9.17) is 24.4 Å². The van der Waals surface area contributed by atoms with Crippen LogP contribution in [0.4, 0.5) is 5.82 Å². The molecule has 0 amide bonds. The summed E-state index contributed by atoms with van der Waals surface area (Å²) < 4.78 is 27.1. The Bertz CT molecular complexity index is 910. The van der Waals surface area contributed by atoms with E-state index in [-0.39, 0.29) is 23.4 Å². The Morgan fingerprint density at radius 3 is 2.55 bits per heavy atom. The monoisotopic (exact) mass is 421 g/mol. The fraction of sp³-hybridized carbons (Fsp3) is 0.737. The largest absolute Gasteiger partial charge is 0.414 e. The predicted molar refractivity (Wildman–Crippen MR) is 111 cm³/mol. The molecule has 2 saturated heterocycles. The predicted octanol–water partition coefficient (Wildman–Crippen LogP) is 2.85. The van der Waals surface area contributed by atoms with Gasteiger partial charge >= 0.3 is 0 Å². The number of nitrogens with zero attached hydrogens (tertiary/aromatic N) is 4. The van der Waals surface area contributed by atoms with E-state index in [0.717, 1.165) is 0 Å². The molecular weight excluding hydrogens is 390 g/mol. The Kier molecular flexibility index (Phi) is 4.78. The minimum atomic E-state index is -1.92. The van der Waals surface area contributed by atoms with Gasteiger partial charge in [-0.25, -0.2) is 15.0 Å². The molecule has 2 aromatic heterocycles. The zero-order valence-corrected chi connectivity index (χ0v) is 19.2. The number of ether oxygens (including phenoxy) is 3. The van der Waals surface area contributed by atoms with E-state index in [2.05, 4.69) is 48.8 Å². The van der Waals surface area contributed by atoms with Crippen LogP contribution in [0.25, 0.3) is 11.2 Å². The van der Waals surface area contributed by atoms with Crippen LogP contribution in [0.5, 0.6) is 0 Å². The second kappa shape index (κ2) is 6.71. The second-order valence-corrected chi connectivity index (χ2v) is 14.6. The van der Waals surface area contributed by atoms with Crippen LogP contribution in [0.3, 0.4) is 0 Å². The van der Waals surface area contributed by atoms with Crippen LogP contribution in [-0.4, -0.2) is 58.5 Å². The first-order chi connectivity index (χ1) is 13.4. The van der Waals surface area contributed by atoms with Crippen molar-refractivity contribution in [3.05, 3.63) is 12.7 Å². The van der Waals surface area contributed by atoms with Gasteiger partial charge in [-0.15, -0.1) is 0 Å². The van der Waals surface area contributed by atoms with E-state index in [1.807, 2.05) is 18.4 Å². The van der Waals surface area contributed by atoms with Crippen molar-refractivity contribution >= 4 is 25.3 Å². The minimum Gasteiger partial charge on any atom is -0.414 e. The molecule has 2 aromatic rings. The Labute approximate surface area is 172 Å². The first kappa shape index (κ1) is 20.7. The average molecular weight is 422 g/mol. The summed E-state index contributed by atoms with van der Waals surface area (Å²) in [4.78, 5) is 12.7. The molecule has 0 bridgehead atoms. The third kappa shape index (κ3) is 3.57. The number of anilines is 1. The molecule has 10 heteroatoms. The van der Waals surface area contributed by atoms with Crippen LogP contribution in [0.15, 0.2) is 12.7 Å². The molecule has 160 valence electrons. The van der Waals surface area contributed by atoms with Gasteiger partial charge < -0.3 is 24.4 Å². The summed E-state index contributed by atoms with van der Waals surface area (Å²) in [6.07, 6.45) is 1.87. The number of aromatic nitrogens is 4. The van der Waals surface area contributed by atoms with Crippen molar-refractivity contribution < 1.29 is 18.6 Å². The lowest BCUT2D eigenvalue weighted by Crippen LogP contribution is -2.44. The van der Waals surface area contributed by atoms with Crippen LogP contribution < -0.4 is 5.73 Å². The first-order valence-corrected chi connectivity index (χ1v) is 12.9. The molecule has 2 aliphatic rings. The summed E-state index contributed by atoms with van der Waals surface area (Å²) in [6, 6.07) is 0. The Balaban J connectivity index is 1.62. The third-order valence-electron chi connectivity index (χ3n) is 6.20. The first-order valence-electron chi connectivity index (χ1n) is 9.98. The maximum absolute atomic E-state index is 6.43. The normalized spacial score (nSPS) is 29.5. The van der Waals surface area contributed by atoms with Gasteiger partial charge in [-0.1, -0.05) is 20.8 Å². The van der Waals surface area contributed by atoms with Gasteiger partial charge in [0.2, 0.25) is 0 Å². The summed E-state index contributed by atoms with van der Waals surface area (Å²) in [5.74, 6) is -0.359. The fourth-order valence-electron chi connectivity index (χ4n) is 3.58. The number of fused-ring (bicyclic) bond motifs is 2. The van der Waals surface area contributed by atoms with Crippen LogP contribution in [0.1, 0.15) is 40.8 Å². The zero-order valence-electron chi connectivity index (χ0n) is 18.2. The van der Waals surface area contributed by atoms with Crippen LogP contribution in [0.2, 0.25) is 18.1 Å². The molecular formula is C19H31N5O4Si. The van der Waals surface area contributed by atoms with Gasteiger partial charge in [0.1, 0.15) is 30.2 Å². The highest BCUT2D eigenvalue weighted by Crippen LogP contribution is 2.45. The Hall–Kier alpha value is -1.59. The second-order valence-electron chi connectivity index (χ2n) is 9.78. The summed E-state index contributed by atoms with van der Waals surface area (Å²) in [5.41, 5.74) is 7.10. The van der Waals surface area contributed by atoms with E-state index in [1.165, 1.54) is 6.33 Å². The molecule has 2 N–H and O–H groups in total. The number of hydrogen-bond acceptors (Lipinski definition) is 8. The summed E-state index contributed by atoms with van der Waals surface area (Å²) in [7, 11) is -1.92. The van der Waals surface area contributed by atoms with Gasteiger partial charge in [-0.05, 0) is 32.0 Å². The minimum absolute atomic E-state index is 0.117. The highest BCUT2D eigenvalue weighted by Gasteiger charge is 2.56. The van der Waals surface area contributed by atoms with Crippen LogP contribution in [0, 0.1) is 0 Å². The van der Waals surface area contributed by atoms with Crippen molar-refractivity contribution in [1.29, 1.82) is 0 Å². The van der Waals surface area contributed by atoms with Crippen molar-refractivity contribution in [2.24, 2.45) is 0 Å². The SMILES string of the molecule is CC1(C)OC2C(O1)[C@@H](CO[Si](C)(C)C(C)(C)C)O[C@H]2n1cnc2c(N)ncnc21. The molecule has 4 atom stereocenters. The third-order valence-corrected chi connectivity index (χ3v) is 10.7. The summed E-state index contributed by atoms with van der Waals surface area (Å²) >= 11 is 0. The molecule has 2 aliphatic heterocycles. The molecule has 9 nitrogen and oxygen atoms in total. The quantitative estimate of drug-likeness (QED) is 0.751. The number of nitrogens with two attached hydrogens (primary N) is 1. The molecule has 4 heterocycles. The number of rotatable bonds is 4. The van der Waals surface area contributed by atoms with Gasteiger partial charge in [-0.2, -0.15) is 0 Å². The van der Waals surface area contributed by atoms with Gasteiger partial charge in [0.05, 0.1) is 12.9 Å². The summed E-state index contributed by atoms with van der Waals surface area (Å²) in [6.45, 7) is 15.4. The molecule has 4 rings (SSSR count). The molecule has 0 aromatic carbocycles. The lowest BCUT2D eigenvalue weighted by Gasteiger charge is -2.37.